The van der Waals surface area contributed by atoms with Crippen LogP contribution in [-0.2, 0) is 17.4 Å². The number of hydrogen-bond acceptors (Lipinski definition) is 4. The highest BCUT2D eigenvalue weighted by atomic mass is 32.2. The number of rotatable bonds is 5. The fourth-order valence-corrected chi connectivity index (χ4v) is 4.02. The van der Waals surface area contributed by atoms with Gasteiger partial charge in [0.05, 0.1) is 16.0 Å². The summed E-state index contributed by atoms with van der Waals surface area (Å²) in [4.78, 5) is 25.3. The van der Waals surface area contributed by atoms with Gasteiger partial charge in [0.25, 0.3) is 5.91 Å². The Balaban J connectivity index is 1.70. The summed E-state index contributed by atoms with van der Waals surface area (Å²) in [6.45, 7) is 0.168. The predicted molar refractivity (Wildman–Crippen MR) is 108 cm³/mol. The number of carboxylic acids is 1. The molecule has 1 N–H and O–H groups in total. The van der Waals surface area contributed by atoms with Crippen molar-refractivity contribution in [2.24, 2.45) is 0 Å². The van der Waals surface area contributed by atoms with Crippen LogP contribution in [0.3, 0.4) is 0 Å². The lowest BCUT2D eigenvalue weighted by Gasteiger charge is -2.15. The number of halogens is 3. The molecular formula is C20H14F3NO3S2. The van der Waals surface area contributed by atoms with Gasteiger partial charge in [0.15, 0.2) is 0 Å². The second kappa shape index (κ2) is 8.38. The van der Waals surface area contributed by atoms with Crippen LogP contribution in [0.1, 0.15) is 27.0 Å². The first-order valence-corrected chi connectivity index (χ1v) is 9.62. The van der Waals surface area contributed by atoms with Crippen LogP contribution < -0.4 is 0 Å². The molecule has 1 heterocycles. The van der Waals surface area contributed by atoms with Crippen molar-refractivity contribution in [1.29, 1.82) is 0 Å². The zero-order chi connectivity index (χ0) is 21.2. The van der Waals surface area contributed by atoms with Crippen molar-refractivity contribution >= 4 is 46.3 Å². The predicted octanol–water partition coefficient (Wildman–Crippen LogP) is 4.85. The van der Waals surface area contributed by atoms with Crippen molar-refractivity contribution < 1.29 is 27.9 Å². The number of amides is 1. The third-order valence-electron chi connectivity index (χ3n) is 4.21. The Kier molecular flexibility index (Phi) is 6.09. The number of benzene rings is 2. The topological polar surface area (TPSA) is 57.6 Å². The van der Waals surface area contributed by atoms with E-state index in [-0.39, 0.29) is 24.4 Å². The average Bonchev–Trinajstić information content (AvgIpc) is 2.93. The van der Waals surface area contributed by atoms with Crippen LogP contribution in [0.2, 0.25) is 0 Å². The molecule has 0 spiro atoms. The SMILES string of the molecule is O=C(O)c1ccc(/C=C2\SC(=S)N(CCc3cccc(C(F)(F)F)c3)C2=O)cc1. The summed E-state index contributed by atoms with van der Waals surface area (Å²) in [5.74, 6) is -1.37. The van der Waals surface area contributed by atoms with E-state index >= 15 is 0 Å². The van der Waals surface area contributed by atoms with Gasteiger partial charge in [0, 0.05) is 6.54 Å². The minimum Gasteiger partial charge on any atom is -0.478 e. The molecule has 3 rings (SSSR count). The smallest absolute Gasteiger partial charge is 0.416 e. The molecule has 0 bridgehead atoms. The first-order valence-electron chi connectivity index (χ1n) is 8.40. The molecule has 0 saturated carbocycles. The summed E-state index contributed by atoms with van der Waals surface area (Å²) in [6, 6.07) is 11.0. The second-order valence-corrected chi connectivity index (χ2v) is 7.88. The summed E-state index contributed by atoms with van der Waals surface area (Å²) in [6.07, 6.45) is -2.58. The largest absolute Gasteiger partial charge is 0.478 e. The Labute approximate surface area is 174 Å². The third kappa shape index (κ3) is 5.04. The van der Waals surface area contributed by atoms with Gasteiger partial charge in [-0.1, -0.05) is 54.3 Å². The molecule has 150 valence electrons. The van der Waals surface area contributed by atoms with Gasteiger partial charge in [-0.15, -0.1) is 0 Å². The van der Waals surface area contributed by atoms with Gasteiger partial charge in [0.2, 0.25) is 0 Å². The van der Waals surface area contributed by atoms with E-state index in [1.54, 1.807) is 24.3 Å². The maximum atomic E-state index is 12.8. The molecule has 2 aromatic rings. The van der Waals surface area contributed by atoms with Crippen LogP contribution in [0, 0.1) is 0 Å². The highest BCUT2D eigenvalue weighted by Crippen LogP contribution is 2.33. The average molecular weight is 437 g/mol. The number of aromatic carboxylic acids is 1. The minimum atomic E-state index is -4.42. The number of carbonyl (C=O) groups is 2. The standard InChI is InChI=1S/C20H14F3NO3S2/c21-20(22,23)15-3-1-2-12(10-15)8-9-24-17(25)16(29-19(24)28)11-13-4-6-14(7-5-13)18(26)27/h1-7,10-11H,8-9H2,(H,26,27)/b16-11-. The lowest BCUT2D eigenvalue weighted by Crippen LogP contribution is -2.30. The first kappa shape index (κ1) is 21.1. The van der Waals surface area contributed by atoms with Crippen LogP contribution in [0.15, 0.2) is 53.4 Å². The van der Waals surface area contributed by atoms with Crippen LogP contribution in [0.25, 0.3) is 6.08 Å². The quantitative estimate of drug-likeness (QED) is 0.536. The van der Waals surface area contributed by atoms with Gasteiger partial charge in [-0.2, -0.15) is 13.2 Å². The molecule has 1 fully saturated rings. The van der Waals surface area contributed by atoms with Crippen LogP contribution in [0.5, 0.6) is 0 Å². The molecule has 29 heavy (non-hydrogen) atoms. The maximum absolute atomic E-state index is 12.8. The molecule has 0 radical (unpaired) electrons. The highest BCUT2D eigenvalue weighted by Gasteiger charge is 2.32. The van der Waals surface area contributed by atoms with Gasteiger partial charge in [0.1, 0.15) is 4.32 Å². The maximum Gasteiger partial charge on any atom is 0.416 e. The lowest BCUT2D eigenvalue weighted by atomic mass is 10.1. The number of hydrogen-bond donors (Lipinski definition) is 1. The van der Waals surface area contributed by atoms with Crippen molar-refractivity contribution in [3.63, 3.8) is 0 Å². The molecule has 1 aliphatic heterocycles. The molecule has 2 aromatic carbocycles. The minimum absolute atomic E-state index is 0.135. The number of nitrogens with zero attached hydrogens (tertiary/aromatic N) is 1. The summed E-state index contributed by atoms with van der Waals surface area (Å²) >= 11 is 6.34. The number of carbonyl (C=O) groups excluding carboxylic acids is 1. The van der Waals surface area contributed by atoms with Crippen molar-refractivity contribution in [3.8, 4) is 0 Å². The molecule has 4 nitrogen and oxygen atoms in total. The molecule has 0 atom stereocenters. The van der Waals surface area contributed by atoms with E-state index in [2.05, 4.69) is 0 Å². The number of thioether (sulfide) groups is 1. The van der Waals surface area contributed by atoms with E-state index in [1.807, 2.05) is 0 Å². The van der Waals surface area contributed by atoms with E-state index in [1.165, 1.54) is 23.1 Å². The van der Waals surface area contributed by atoms with E-state index < -0.39 is 17.7 Å². The van der Waals surface area contributed by atoms with Gasteiger partial charge in [-0.25, -0.2) is 4.79 Å². The Bertz CT molecular complexity index is 1000. The normalized spacial score (nSPS) is 16.0. The van der Waals surface area contributed by atoms with Crippen LogP contribution in [-0.4, -0.2) is 32.7 Å². The summed E-state index contributed by atoms with van der Waals surface area (Å²) in [5, 5.41) is 8.93. The molecular weight excluding hydrogens is 423 g/mol. The van der Waals surface area contributed by atoms with Crippen molar-refractivity contribution in [2.75, 3.05) is 6.54 Å². The Morgan fingerprint density at radius 1 is 1.17 bits per heavy atom. The monoisotopic (exact) mass is 437 g/mol. The molecule has 1 amide bonds. The number of alkyl halides is 3. The van der Waals surface area contributed by atoms with Gasteiger partial charge < -0.3 is 5.11 Å². The first-order chi connectivity index (χ1) is 13.6. The number of thiocarbonyl (C=S) groups is 1. The summed E-state index contributed by atoms with van der Waals surface area (Å²) < 4.78 is 38.8. The van der Waals surface area contributed by atoms with Crippen molar-refractivity contribution in [3.05, 3.63) is 75.7 Å². The molecule has 0 aliphatic carbocycles. The highest BCUT2D eigenvalue weighted by molar-refractivity contribution is 8.26. The Morgan fingerprint density at radius 2 is 1.86 bits per heavy atom. The second-order valence-electron chi connectivity index (χ2n) is 6.21. The number of carboxylic acid groups (broad SMARTS) is 1. The summed E-state index contributed by atoms with van der Waals surface area (Å²) in [7, 11) is 0. The van der Waals surface area contributed by atoms with Gasteiger partial charge in [-0.05, 0) is 41.8 Å². The Hall–Kier alpha value is -2.65. The van der Waals surface area contributed by atoms with Gasteiger partial charge in [-0.3, -0.25) is 9.69 Å². The summed E-state index contributed by atoms with van der Waals surface area (Å²) in [5.41, 5.74) is 0.511. The van der Waals surface area contributed by atoms with Crippen molar-refractivity contribution in [1.82, 2.24) is 4.90 Å². The molecule has 1 aliphatic rings. The fourth-order valence-electron chi connectivity index (χ4n) is 2.71. The van der Waals surface area contributed by atoms with Gasteiger partial charge >= 0.3 is 12.1 Å². The molecule has 0 unspecified atom stereocenters. The van der Waals surface area contributed by atoms with E-state index in [0.717, 1.165) is 23.9 Å². The molecule has 9 heteroatoms. The van der Waals surface area contributed by atoms with E-state index in [9.17, 15) is 22.8 Å². The van der Waals surface area contributed by atoms with Crippen LogP contribution >= 0.6 is 24.0 Å². The third-order valence-corrected chi connectivity index (χ3v) is 5.59. The molecule has 0 aromatic heterocycles. The fraction of sp³-hybridized carbons (Fsp3) is 0.150. The van der Waals surface area contributed by atoms with Crippen molar-refractivity contribution in [2.45, 2.75) is 12.6 Å². The molecule has 1 saturated heterocycles. The zero-order valence-corrected chi connectivity index (χ0v) is 16.4. The zero-order valence-electron chi connectivity index (χ0n) is 14.8. The van der Waals surface area contributed by atoms with Crippen LogP contribution in [0.4, 0.5) is 13.2 Å². The Morgan fingerprint density at radius 3 is 2.48 bits per heavy atom. The lowest BCUT2D eigenvalue weighted by molar-refractivity contribution is -0.137. The van der Waals surface area contributed by atoms with E-state index in [0.29, 0.717) is 20.4 Å². The van der Waals surface area contributed by atoms with E-state index in [4.69, 9.17) is 17.3 Å².